The number of anilines is 3. The van der Waals surface area contributed by atoms with Gasteiger partial charge >= 0.3 is 0 Å². The van der Waals surface area contributed by atoms with E-state index in [1.54, 1.807) is 36.1 Å². The lowest BCUT2D eigenvalue weighted by Gasteiger charge is -2.30. The summed E-state index contributed by atoms with van der Waals surface area (Å²) in [4.78, 5) is 27.0. The van der Waals surface area contributed by atoms with Crippen molar-refractivity contribution in [2.45, 2.75) is 26.8 Å². The van der Waals surface area contributed by atoms with Crippen molar-refractivity contribution in [3.8, 4) is 11.5 Å². The van der Waals surface area contributed by atoms with Gasteiger partial charge in [-0.05, 0) is 80.4 Å². The number of amides is 2. The van der Waals surface area contributed by atoms with Crippen LogP contribution in [0.1, 0.15) is 41.4 Å². The number of nitrogens with one attached hydrogen (secondary N) is 3. The van der Waals surface area contributed by atoms with Crippen LogP contribution in [0.5, 0.6) is 11.5 Å². The second-order valence-electron chi connectivity index (χ2n) is 9.43. The molecule has 40 heavy (non-hydrogen) atoms. The van der Waals surface area contributed by atoms with Crippen molar-refractivity contribution >= 4 is 29.0 Å². The molecule has 0 fully saturated rings. The van der Waals surface area contributed by atoms with Crippen LogP contribution in [0.3, 0.4) is 0 Å². The van der Waals surface area contributed by atoms with E-state index >= 15 is 0 Å². The van der Waals surface area contributed by atoms with Gasteiger partial charge < -0.3 is 25.4 Å². The first-order chi connectivity index (χ1) is 19.4. The number of fused-ring (bicyclic) bond motifs is 1. The van der Waals surface area contributed by atoms with E-state index in [0.29, 0.717) is 46.4 Å². The number of benzene rings is 3. The highest BCUT2D eigenvalue weighted by atomic mass is 16.5. The zero-order valence-corrected chi connectivity index (χ0v) is 22.8. The lowest BCUT2D eigenvalue weighted by atomic mass is 9.94. The molecular formula is C31H31N5O4. The van der Waals surface area contributed by atoms with Crippen molar-refractivity contribution in [2.24, 2.45) is 0 Å². The molecule has 1 aliphatic rings. The predicted molar refractivity (Wildman–Crippen MR) is 155 cm³/mol. The molecule has 0 aliphatic carbocycles. The van der Waals surface area contributed by atoms with E-state index in [4.69, 9.17) is 9.47 Å². The number of aryl methyl sites for hydroxylation is 1. The van der Waals surface area contributed by atoms with Gasteiger partial charge in [0.05, 0.1) is 25.5 Å². The lowest BCUT2D eigenvalue weighted by molar-refractivity contribution is -0.113. The standard InChI is InChI=1S/C31H31N5O4/c1-5-40-25-13-9-21(10-14-25)28-27(31(38)34-22-11-15-24(39-4)16-12-22)20(3)33-29-26(18-32-36(28)29)30(37)35-23-8-6-7-19(2)17-23/h6-18,28,33H,5H2,1-4H3,(H,34,38)(H,35,37)/t28-/m0/s1. The lowest BCUT2D eigenvalue weighted by Crippen LogP contribution is -2.32. The van der Waals surface area contributed by atoms with Crippen LogP contribution in [-0.4, -0.2) is 35.3 Å². The Labute approximate surface area is 232 Å². The average molecular weight is 538 g/mol. The number of ether oxygens (including phenoxy) is 2. The number of allylic oxidation sites excluding steroid dienone is 1. The molecule has 9 nitrogen and oxygen atoms in total. The molecule has 0 unspecified atom stereocenters. The van der Waals surface area contributed by atoms with Gasteiger partial charge in [-0.3, -0.25) is 9.59 Å². The van der Waals surface area contributed by atoms with Crippen molar-refractivity contribution < 1.29 is 19.1 Å². The Kier molecular flexibility index (Phi) is 7.54. The highest BCUT2D eigenvalue weighted by Crippen LogP contribution is 2.38. The molecule has 0 saturated heterocycles. The molecule has 5 rings (SSSR count). The zero-order chi connectivity index (χ0) is 28.2. The number of aromatic nitrogens is 2. The maximum atomic E-state index is 13.7. The number of hydrogen-bond acceptors (Lipinski definition) is 6. The van der Waals surface area contributed by atoms with Gasteiger partial charge in [-0.15, -0.1) is 0 Å². The summed E-state index contributed by atoms with van der Waals surface area (Å²) in [7, 11) is 1.59. The largest absolute Gasteiger partial charge is 0.497 e. The fraction of sp³-hybridized carbons (Fsp3) is 0.194. The van der Waals surface area contributed by atoms with Gasteiger partial charge in [0, 0.05) is 17.1 Å². The van der Waals surface area contributed by atoms with Gasteiger partial charge in [-0.2, -0.15) is 5.10 Å². The van der Waals surface area contributed by atoms with Crippen molar-refractivity contribution in [1.82, 2.24) is 9.78 Å². The summed E-state index contributed by atoms with van der Waals surface area (Å²) in [5.41, 5.74) is 4.63. The minimum absolute atomic E-state index is 0.291. The predicted octanol–water partition coefficient (Wildman–Crippen LogP) is 5.78. The van der Waals surface area contributed by atoms with Gasteiger partial charge in [-0.1, -0.05) is 24.3 Å². The second kappa shape index (κ2) is 11.4. The maximum absolute atomic E-state index is 13.7. The molecule has 1 aromatic heterocycles. The van der Waals surface area contributed by atoms with Gasteiger partial charge in [-0.25, -0.2) is 4.68 Å². The van der Waals surface area contributed by atoms with Crippen LogP contribution in [0.4, 0.5) is 17.2 Å². The number of carbonyl (C=O) groups is 2. The molecule has 9 heteroatoms. The molecule has 2 amide bonds. The number of hydrogen-bond donors (Lipinski definition) is 3. The monoisotopic (exact) mass is 537 g/mol. The average Bonchev–Trinajstić information content (AvgIpc) is 3.37. The van der Waals surface area contributed by atoms with E-state index in [1.807, 2.05) is 69.3 Å². The molecule has 2 heterocycles. The van der Waals surface area contributed by atoms with Crippen LogP contribution in [0, 0.1) is 6.92 Å². The molecule has 1 aliphatic heterocycles. The summed E-state index contributed by atoms with van der Waals surface area (Å²) in [6.45, 7) is 6.26. The van der Waals surface area contributed by atoms with Crippen LogP contribution < -0.4 is 25.4 Å². The minimum Gasteiger partial charge on any atom is -0.497 e. The molecule has 3 N–H and O–H groups in total. The Morgan fingerprint density at radius 1 is 0.925 bits per heavy atom. The summed E-state index contributed by atoms with van der Waals surface area (Å²) < 4.78 is 12.5. The first-order valence-electron chi connectivity index (χ1n) is 13.0. The van der Waals surface area contributed by atoms with Crippen molar-refractivity contribution in [1.29, 1.82) is 0 Å². The quantitative estimate of drug-likeness (QED) is 0.263. The molecule has 0 radical (unpaired) electrons. The van der Waals surface area contributed by atoms with Gasteiger partial charge in [0.2, 0.25) is 0 Å². The number of nitrogens with zero attached hydrogens (tertiary/aromatic N) is 2. The van der Waals surface area contributed by atoms with Gasteiger partial charge in [0.15, 0.2) is 0 Å². The highest BCUT2D eigenvalue weighted by Gasteiger charge is 2.35. The third-order valence-electron chi connectivity index (χ3n) is 6.64. The molecule has 3 aromatic carbocycles. The summed E-state index contributed by atoms with van der Waals surface area (Å²) in [6, 6.07) is 21.7. The summed E-state index contributed by atoms with van der Waals surface area (Å²) in [5.74, 6) is 1.33. The molecule has 0 saturated carbocycles. The zero-order valence-electron chi connectivity index (χ0n) is 22.8. The smallest absolute Gasteiger partial charge is 0.261 e. The normalized spacial score (nSPS) is 14.2. The number of rotatable bonds is 8. The summed E-state index contributed by atoms with van der Waals surface area (Å²) in [5, 5.41) is 13.8. The fourth-order valence-electron chi connectivity index (χ4n) is 4.73. The van der Waals surface area contributed by atoms with Crippen LogP contribution in [0.15, 0.2) is 90.3 Å². The molecular weight excluding hydrogens is 506 g/mol. The first-order valence-corrected chi connectivity index (χ1v) is 13.0. The van der Waals surface area contributed by atoms with Crippen LogP contribution >= 0.6 is 0 Å². The number of carbonyl (C=O) groups excluding carboxylic acids is 2. The first kappa shape index (κ1) is 26.6. The second-order valence-corrected chi connectivity index (χ2v) is 9.43. The van der Waals surface area contributed by atoms with E-state index in [9.17, 15) is 9.59 Å². The van der Waals surface area contributed by atoms with E-state index in [-0.39, 0.29) is 11.8 Å². The Hall–Kier alpha value is -5.05. The molecule has 4 aromatic rings. The Bertz CT molecular complexity index is 1570. The highest BCUT2D eigenvalue weighted by molar-refractivity contribution is 6.09. The molecule has 0 spiro atoms. The van der Waals surface area contributed by atoms with E-state index in [0.717, 1.165) is 16.9 Å². The summed E-state index contributed by atoms with van der Waals surface area (Å²) >= 11 is 0. The summed E-state index contributed by atoms with van der Waals surface area (Å²) in [6.07, 6.45) is 1.52. The van der Waals surface area contributed by atoms with Crippen molar-refractivity contribution in [2.75, 3.05) is 29.7 Å². The van der Waals surface area contributed by atoms with Gasteiger partial charge in [0.25, 0.3) is 11.8 Å². The van der Waals surface area contributed by atoms with E-state index in [2.05, 4.69) is 21.0 Å². The molecule has 1 atom stereocenters. The van der Waals surface area contributed by atoms with E-state index < -0.39 is 6.04 Å². The van der Waals surface area contributed by atoms with Crippen molar-refractivity contribution in [3.05, 3.63) is 107 Å². The maximum Gasteiger partial charge on any atom is 0.261 e. The van der Waals surface area contributed by atoms with E-state index in [1.165, 1.54) is 6.20 Å². The minimum atomic E-state index is -0.592. The topological polar surface area (TPSA) is 107 Å². The Morgan fingerprint density at radius 2 is 1.62 bits per heavy atom. The molecule has 204 valence electrons. The number of methoxy groups -OCH3 is 1. The Morgan fingerprint density at radius 3 is 2.30 bits per heavy atom. The SMILES string of the molecule is CCOc1ccc([C@H]2C(C(=O)Nc3ccc(OC)cc3)=C(C)Nc3c(C(=O)Nc4cccc(C)c4)cnn32)cc1. The van der Waals surface area contributed by atoms with Crippen LogP contribution in [0.2, 0.25) is 0 Å². The third kappa shape index (κ3) is 5.40. The van der Waals surface area contributed by atoms with Crippen molar-refractivity contribution in [3.63, 3.8) is 0 Å². The fourth-order valence-corrected chi connectivity index (χ4v) is 4.73. The van der Waals surface area contributed by atoms with Crippen LogP contribution in [-0.2, 0) is 4.79 Å². The van der Waals surface area contributed by atoms with Gasteiger partial charge in [0.1, 0.15) is 28.9 Å². The Balaban J connectivity index is 1.52. The van der Waals surface area contributed by atoms with Crippen LogP contribution in [0.25, 0.3) is 0 Å². The molecule has 0 bridgehead atoms. The third-order valence-corrected chi connectivity index (χ3v) is 6.64.